The molecule has 0 spiro atoms. The Morgan fingerprint density at radius 2 is 0.597 bits per heavy atom. The first-order chi connectivity index (χ1) is 33.0. The summed E-state index contributed by atoms with van der Waals surface area (Å²) in [6, 6.07) is 0. The van der Waals surface area contributed by atoms with Gasteiger partial charge in [-0.25, -0.2) is 0 Å². The van der Waals surface area contributed by atoms with Gasteiger partial charge in [0.15, 0.2) is 6.10 Å². The van der Waals surface area contributed by atoms with Gasteiger partial charge >= 0.3 is 17.9 Å². The summed E-state index contributed by atoms with van der Waals surface area (Å²) in [5, 5.41) is 0. The molecule has 0 saturated heterocycles. The Morgan fingerprint density at radius 1 is 0.313 bits per heavy atom. The van der Waals surface area contributed by atoms with Crippen LogP contribution < -0.4 is 0 Å². The number of hydrogen-bond donors (Lipinski definition) is 0. The molecule has 0 aliphatic rings. The molecule has 0 aliphatic carbocycles. The smallest absolute Gasteiger partial charge is 0.306 e. The number of hydrogen-bond acceptors (Lipinski definition) is 6. The molecule has 0 rings (SSSR count). The fourth-order valence-electron chi connectivity index (χ4n) is 7.19. The number of ether oxygens (including phenoxy) is 3. The van der Waals surface area contributed by atoms with Crippen LogP contribution in [0.5, 0.6) is 0 Å². The molecule has 0 amide bonds. The van der Waals surface area contributed by atoms with Crippen LogP contribution in [0.3, 0.4) is 0 Å². The molecule has 0 aromatic rings. The third-order valence-corrected chi connectivity index (χ3v) is 11.2. The van der Waals surface area contributed by atoms with E-state index >= 15 is 0 Å². The van der Waals surface area contributed by atoms with Crippen molar-refractivity contribution in [3.05, 3.63) is 109 Å². The zero-order valence-electron chi connectivity index (χ0n) is 43.4. The van der Waals surface area contributed by atoms with Crippen LogP contribution in [0, 0.1) is 0 Å². The van der Waals surface area contributed by atoms with Crippen LogP contribution in [0.1, 0.15) is 239 Å². The lowest BCUT2D eigenvalue weighted by Crippen LogP contribution is -2.30. The van der Waals surface area contributed by atoms with E-state index in [9.17, 15) is 14.4 Å². The molecule has 380 valence electrons. The van der Waals surface area contributed by atoms with E-state index in [1.54, 1.807) is 0 Å². The maximum absolute atomic E-state index is 12.8. The van der Waals surface area contributed by atoms with Crippen LogP contribution in [-0.2, 0) is 28.6 Å². The second-order valence-electron chi connectivity index (χ2n) is 17.7. The predicted octanol–water partition coefficient (Wildman–Crippen LogP) is 18.3. The number of allylic oxidation sites excluding steroid dienone is 18. The molecule has 0 aromatic carbocycles. The van der Waals surface area contributed by atoms with Crippen LogP contribution >= 0.6 is 0 Å². The van der Waals surface area contributed by atoms with Gasteiger partial charge in [-0.15, -0.1) is 0 Å². The Balaban J connectivity index is 4.49. The summed E-state index contributed by atoms with van der Waals surface area (Å²) >= 11 is 0. The normalized spacial score (nSPS) is 12.9. The monoisotopic (exact) mass is 929 g/mol. The fraction of sp³-hybridized carbons (Fsp3) is 0.656. The third-order valence-electron chi connectivity index (χ3n) is 11.2. The molecule has 6 heteroatoms. The Labute approximate surface area is 412 Å². The summed E-state index contributed by atoms with van der Waals surface area (Å²) in [4.78, 5) is 38.1. The van der Waals surface area contributed by atoms with Crippen molar-refractivity contribution >= 4 is 17.9 Å². The number of carbonyl (C=O) groups is 3. The second kappa shape index (κ2) is 54.7. The van der Waals surface area contributed by atoms with Crippen LogP contribution in [0.2, 0.25) is 0 Å². The summed E-state index contributed by atoms with van der Waals surface area (Å²) in [6.45, 7) is 6.34. The molecule has 0 aromatic heterocycles. The Kier molecular flexibility index (Phi) is 51.5. The van der Waals surface area contributed by atoms with E-state index < -0.39 is 6.10 Å². The molecular weight excluding hydrogens is 829 g/mol. The molecule has 1 unspecified atom stereocenters. The van der Waals surface area contributed by atoms with E-state index in [0.717, 1.165) is 116 Å². The predicted molar refractivity (Wildman–Crippen MR) is 288 cm³/mol. The summed E-state index contributed by atoms with van der Waals surface area (Å²) < 4.78 is 16.8. The van der Waals surface area contributed by atoms with Crippen molar-refractivity contribution in [1.29, 1.82) is 0 Å². The lowest BCUT2D eigenvalue weighted by molar-refractivity contribution is -0.167. The van der Waals surface area contributed by atoms with Gasteiger partial charge in [-0.2, -0.15) is 0 Å². The van der Waals surface area contributed by atoms with Crippen LogP contribution in [0.25, 0.3) is 0 Å². The van der Waals surface area contributed by atoms with Crippen molar-refractivity contribution in [2.75, 3.05) is 13.2 Å². The summed E-state index contributed by atoms with van der Waals surface area (Å²) in [5.41, 5.74) is 0. The first-order valence-electron chi connectivity index (χ1n) is 27.4. The minimum absolute atomic E-state index is 0.110. The molecule has 6 nitrogen and oxygen atoms in total. The molecule has 0 radical (unpaired) electrons. The highest BCUT2D eigenvalue weighted by Crippen LogP contribution is 2.14. The Bertz CT molecular complexity index is 1390. The molecular formula is C61H100O6. The summed E-state index contributed by atoms with van der Waals surface area (Å²) in [7, 11) is 0. The van der Waals surface area contributed by atoms with Gasteiger partial charge in [0.25, 0.3) is 0 Å². The van der Waals surface area contributed by atoms with Crippen molar-refractivity contribution in [2.24, 2.45) is 0 Å². The van der Waals surface area contributed by atoms with Gasteiger partial charge < -0.3 is 14.2 Å². The first-order valence-corrected chi connectivity index (χ1v) is 27.4. The Hall–Kier alpha value is -3.93. The highest BCUT2D eigenvalue weighted by molar-refractivity contribution is 5.71. The maximum atomic E-state index is 12.8. The maximum Gasteiger partial charge on any atom is 0.306 e. The highest BCUT2D eigenvalue weighted by atomic mass is 16.6. The lowest BCUT2D eigenvalue weighted by atomic mass is 10.1. The van der Waals surface area contributed by atoms with Crippen LogP contribution in [0.15, 0.2) is 109 Å². The zero-order valence-corrected chi connectivity index (χ0v) is 43.4. The van der Waals surface area contributed by atoms with Gasteiger partial charge in [-0.1, -0.05) is 214 Å². The average molecular weight is 929 g/mol. The fourth-order valence-corrected chi connectivity index (χ4v) is 7.19. The van der Waals surface area contributed by atoms with Gasteiger partial charge in [0, 0.05) is 19.3 Å². The number of esters is 3. The molecule has 1 atom stereocenters. The Morgan fingerprint density at radius 3 is 0.985 bits per heavy atom. The average Bonchev–Trinajstić information content (AvgIpc) is 3.33. The zero-order chi connectivity index (χ0) is 48.6. The van der Waals surface area contributed by atoms with E-state index in [2.05, 4.69) is 130 Å². The number of carbonyl (C=O) groups excluding carboxylic acids is 3. The van der Waals surface area contributed by atoms with E-state index in [4.69, 9.17) is 14.2 Å². The van der Waals surface area contributed by atoms with Crippen molar-refractivity contribution in [1.82, 2.24) is 0 Å². The van der Waals surface area contributed by atoms with Crippen LogP contribution in [0.4, 0.5) is 0 Å². The molecule has 0 N–H and O–H groups in total. The molecule has 0 heterocycles. The molecule has 0 aliphatic heterocycles. The summed E-state index contributed by atoms with van der Waals surface area (Å²) in [6.07, 6.45) is 73.7. The van der Waals surface area contributed by atoms with E-state index in [1.807, 2.05) is 0 Å². The van der Waals surface area contributed by atoms with Crippen molar-refractivity contribution in [3.63, 3.8) is 0 Å². The SMILES string of the molecule is CC/C=C\C/C=C\C/C=C\C/C=C\C/C=C\CCCC(=O)OC(COC(=O)CCCCC/C=C\CCCCCCCC)COC(=O)CCCCCCCCCCC/C=C\C/C=C\C/C=C\CC. The van der Waals surface area contributed by atoms with Gasteiger partial charge in [-0.3, -0.25) is 14.4 Å². The van der Waals surface area contributed by atoms with Gasteiger partial charge in [-0.05, 0) is 116 Å². The standard InChI is InChI=1S/C61H100O6/c1-4-7-10-13-16-19-22-25-27-29-30-32-33-36-39-42-45-48-51-54-60(63)66-57-58(56-65-59(62)53-50-47-44-41-38-35-24-21-18-15-12-9-6-3)67-61(64)55-52-49-46-43-40-37-34-31-28-26-23-20-17-14-11-8-5-2/h7-8,10-11,16-17,19-20,25-28,34-35,37-38,43,46,58H,4-6,9,12-15,18,21-24,29-33,36,39-42,44-45,47-57H2,1-3H3/b10-7-,11-8-,19-16-,20-17-,27-25-,28-26-,37-34-,38-35-,46-43-. The van der Waals surface area contributed by atoms with E-state index in [-0.39, 0.29) is 37.5 Å². The van der Waals surface area contributed by atoms with Crippen LogP contribution in [-0.4, -0.2) is 37.2 Å². The second-order valence-corrected chi connectivity index (χ2v) is 17.7. The molecule has 0 saturated carbocycles. The summed E-state index contributed by atoms with van der Waals surface area (Å²) in [5.74, 6) is -0.992. The minimum atomic E-state index is -0.818. The van der Waals surface area contributed by atoms with Crippen molar-refractivity contribution in [3.8, 4) is 0 Å². The molecule has 0 fully saturated rings. The van der Waals surface area contributed by atoms with E-state index in [1.165, 1.54) is 77.0 Å². The van der Waals surface area contributed by atoms with E-state index in [0.29, 0.717) is 19.3 Å². The van der Waals surface area contributed by atoms with Gasteiger partial charge in [0.05, 0.1) is 0 Å². The third kappa shape index (κ3) is 52.9. The first kappa shape index (κ1) is 63.1. The van der Waals surface area contributed by atoms with Crippen molar-refractivity contribution < 1.29 is 28.6 Å². The quantitative estimate of drug-likeness (QED) is 0.0262. The topological polar surface area (TPSA) is 78.9 Å². The minimum Gasteiger partial charge on any atom is -0.462 e. The number of rotatable bonds is 48. The number of unbranched alkanes of at least 4 members (excludes halogenated alkanes) is 19. The lowest BCUT2D eigenvalue weighted by Gasteiger charge is -2.18. The van der Waals surface area contributed by atoms with Gasteiger partial charge in [0.2, 0.25) is 0 Å². The largest absolute Gasteiger partial charge is 0.462 e. The molecule has 0 bridgehead atoms. The highest BCUT2D eigenvalue weighted by Gasteiger charge is 2.19. The van der Waals surface area contributed by atoms with Crippen molar-refractivity contribution in [2.45, 2.75) is 245 Å². The van der Waals surface area contributed by atoms with Gasteiger partial charge in [0.1, 0.15) is 13.2 Å². The molecule has 67 heavy (non-hydrogen) atoms.